The molecule has 0 saturated heterocycles. The van der Waals surface area contributed by atoms with Gasteiger partial charge in [-0.3, -0.25) is 4.79 Å². The van der Waals surface area contributed by atoms with E-state index in [1.54, 1.807) is 24.3 Å². The Hall–Kier alpha value is -0.940. The number of benzene rings is 1. The van der Waals surface area contributed by atoms with Gasteiger partial charge in [-0.2, -0.15) is 12.6 Å². The highest BCUT2D eigenvalue weighted by Crippen LogP contribution is 2.10. The van der Waals surface area contributed by atoms with Crippen LogP contribution in [-0.2, 0) is 9.53 Å². The molecule has 0 aliphatic rings. The third-order valence-electron chi connectivity index (χ3n) is 1.60. The largest absolute Gasteiger partial charge is 0.389 e. The van der Waals surface area contributed by atoms with Gasteiger partial charge in [0.15, 0.2) is 0 Å². The quantitative estimate of drug-likeness (QED) is 0.484. The number of carbonyl (C=O) groups is 2. The Balaban J connectivity index is 2.65. The van der Waals surface area contributed by atoms with Crippen molar-refractivity contribution in [3.05, 3.63) is 29.8 Å². The molecule has 0 aromatic heterocycles. The third kappa shape index (κ3) is 3.97. The van der Waals surface area contributed by atoms with Crippen LogP contribution in [0.25, 0.3) is 0 Å². The second kappa shape index (κ2) is 5.82. The lowest BCUT2D eigenvalue weighted by Crippen LogP contribution is -2.12. The van der Waals surface area contributed by atoms with Crippen LogP contribution in [0.3, 0.4) is 0 Å². The van der Waals surface area contributed by atoms with E-state index in [1.807, 2.05) is 0 Å². The number of rotatable bonds is 3. The molecule has 0 N–H and O–H groups in total. The molecule has 0 spiro atoms. The van der Waals surface area contributed by atoms with Gasteiger partial charge in [-0.25, -0.2) is 4.79 Å². The fourth-order valence-corrected chi connectivity index (χ4v) is 1.35. The normalized spacial score (nSPS) is 9.73. The van der Waals surface area contributed by atoms with Crippen molar-refractivity contribution < 1.29 is 14.3 Å². The number of esters is 2. The standard InChI is InChI=1S/C10H10O3S2/c11-9(4-5-14)13-10(12)7-2-1-3-8(15)6-7/h1-3,6,14-15H,4-5H2. The lowest BCUT2D eigenvalue weighted by atomic mass is 10.2. The Labute approximate surface area is 98.6 Å². The molecule has 1 aromatic carbocycles. The molecule has 0 radical (unpaired) electrons. The van der Waals surface area contributed by atoms with Crippen LogP contribution in [0.15, 0.2) is 29.2 Å². The SMILES string of the molecule is O=C(CCS)OC(=O)c1cccc(S)c1. The third-order valence-corrected chi connectivity index (χ3v) is 2.11. The number of carbonyl (C=O) groups excluding carboxylic acids is 2. The molecule has 0 aliphatic carbocycles. The minimum atomic E-state index is -0.655. The smallest absolute Gasteiger partial charge is 0.345 e. The maximum atomic E-state index is 11.4. The molecule has 80 valence electrons. The molecule has 3 nitrogen and oxygen atoms in total. The van der Waals surface area contributed by atoms with Crippen LogP contribution in [0.2, 0.25) is 0 Å². The lowest BCUT2D eigenvalue weighted by Gasteiger charge is -2.02. The summed E-state index contributed by atoms with van der Waals surface area (Å²) in [5.41, 5.74) is 0.315. The van der Waals surface area contributed by atoms with Gasteiger partial charge in [-0.15, -0.1) is 12.6 Å². The van der Waals surface area contributed by atoms with Crippen molar-refractivity contribution >= 4 is 37.2 Å². The van der Waals surface area contributed by atoms with E-state index in [4.69, 9.17) is 0 Å². The molecule has 0 amide bonds. The first-order valence-corrected chi connectivity index (χ1v) is 5.36. The second-order valence-corrected chi connectivity index (χ2v) is 3.75. The first kappa shape index (κ1) is 12.1. The van der Waals surface area contributed by atoms with Crippen molar-refractivity contribution in [3.63, 3.8) is 0 Å². The summed E-state index contributed by atoms with van der Waals surface area (Å²) in [6.45, 7) is 0. The predicted molar refractivity (Wildman–Crippen MR) is 62.6 cm³/mol. The fourth-order valence-electron chi connectivity index (χ4n) is 0.938. The van der Waals surface area contributed by atoms with Crippen molar-refractivity contribution in [1.82, 2.24) is 0 Å². The van der Waals surface area contributed by atoms with E-state index in [0.29, 0.717) is 16.2 Å². The Kier molecular flexibility index (Phi) is 4.71. The summed E-state index contributed by atoms with van der Waals surface area (Å²) >= 11 is 7.94. The lowest BCUT2D eigenvalue weighted by molar-refractivity contribution is -0.137. The highest BCUT2D eigenvalue weighted by atomic mass is 32.1. The second-order valence-electron chi connectivity index (χ2n) is 2.79. The van der Waals surface area contributed by atoms with Crippen molar-refractivity contribution in [2.24, 2.45) is 0 Å². The van der Waals surface area contributed by atoms with Crippen LogP contribution in [-0.4, -0.2) is 17.7 Å². The molecule has 0 heterocycles. The van der Waals surface area contributed by atoms with Crippen molar-refractivity contribution in [3.8, 4) is 0 Å². The van der Waals surface area contributed by atoms with Crippen LogP contribution < -0.4 is 0 Å². The predicted octanol–water partition coefficient (Wildman–Crippen LogP) is 1.98. The Morgan fingerprint density at radius 1 is 1.33 bits per heavy atom. The monoisotopic (exact) mass is 242 g/mol. The van der Waals surface area contributed by atoms with Gasteiger partial charge in [0.05, 0.1) is 12.0 Å². The fraction of sp³-hybridized carbons (Fsp3) is 0.200. The Morgan fingerprint density at radius 2 is 2.07 bits per heavy atom. The van der Waals surface area contributed by atoms with E-state index in [9.17, 15) is 9.59 Å². The average molecular weight is 242 g/mol. The van der Waals surface area contributed by atoms with Crippen LogP contribution in [0, 0.1) is 0 Å². The summed E-state index contributed by atoms with van der Waals surface area (Å²) in [6, 6.07) is 6.51. The van der Waals surface area contributed by atoms with Crippen LogP contribution in [0.1, 0.15) is 16.8 Å². The Morgan fingerprint density at radius 3 is 2.67 bits per heavy atom. The van der Waals surface area contributed by atoms with Crippen molar-refractivity contribution in [2.75, 3.05) is 5.75 Å². The maximum absolute atomic E-state index is 11.4. The molecule has 15 heavy (non-hydrogen) atoms. The van der Waals surface area contributed by atoms with Crippen molar-refractivity contribution in [1.29, 1.82) is 0 Å². The minimum absolute atomic E-state index is 0.120. The van der Waals surface area contributed by atoms with E-state index in [1.165, 1.54) is 0 Å². The summed E-state index contributed by atoms with van der Waals surface area (Å²) in [6.07, 6.45) is 0.120. The van der Waals surface area contributed by atoms with E-state index in [0.717, 1.165) is 0 Å². The molecule has 0 aliphatic heterocycles. The van der Waals surface area contributed by atoms with E-state index in [2.05, 4.69) is 30.0 Å². The average Bonchev–Trinajstić information content (AvgIpc) is 2.18. The molecular weight excluding hydrogens is 232 g/mol. The van der Waals surface area contributed by atoms with Gasteiger partial charge in [0.25, 0.3) is 0 Å². The van der Waals surface area contributed by atoms with E-state index < -0.39 is 11.9 Å². The zero-order valence-corrected chi connectivity index (χ0v) is 9.63. The highest BCUT2D eigenvalue weighted by Gasteiger charge is 2.11. The maximum Gasteiger partial charge on any atom is 0.345 e. The minimum Gasteiger partial charge on any atom is -0.389 e. The van der Waals surface area contributed by atoms with Crippen LogP contribution >= 0.6 is 25.3 Å². The molecule has 0 fully saturated rings. The van der Waals surface area contributed by atoms with Gasteiger partial charge in [-0.1, -0.05) is 6.07 Å². The molecule has 0 atom stereocenters. The number of ether oxygens (including phenoxy) is 1. The number of hydrogen-bond acceptors (Lipinski definition) is 5. The first-order chi connectivity index (χ1) is 7.13. The molecule has 0 saturated carbocycles. The summed E-state index contributed by atoms with van der Waals surface area (Å²) in [7, 11) is 0. The first-order valence-electron chi connectivity index (χ1n) is 4.28. The van der Waals surface area contributed by atoms with E-state index in [-0.39, 0.29) is 6.42 Å². The van der Waals surface area contributed by atoms with Gasteiger partial charge < -0.3 is 4.74 Å². The highest BCUT2D eigenvalue weighted by molar-refractivity contribution is 7.80. The summed E-state index contributed by atoms with van der Waals surface area (Å²) in [5, 5.41) is 0. The van der Waals surface area contributed by atoms with Gasteiger partial charge in [0.2, 0.25) is 0 Å². The molecular formula is C10H10O3S2. The molecule has 1 rings (SSSR count). The van der Waals surface area contributed by atoms with Gasteiger partial charge in [-0.05, 0) is 18.2 Å². The van der Waals surface area contributed by atoms with Crippen molar-refractivity contribution in [2.45, 2.75) is 11.3 Å². The zero-order chi connectivity index (χ0) is 11.3. The topological polar surface area (TPSA) is 43.4 Å². The number of hydrogen-bond donors (Lipinski definition) is 2. The summed E-state index contributed by atoms with van der Waals surface area (Å²) < 4.78 is 4.57. The van der Waals surface area contributed by atoms with Crippen LogP contribution in [0.4, 0.5) is 0 Å². The zero-order valence-electron chi connectivity index (χ0n) is 7.84. The summed E-state index contributed by atoms with van der Waals surface area (Å²) in [5.74, 6) is -0.865. The molecule has 1 aromatic rings. The molecule has 0 bridgehead atoms. The Bertz CT molecular complexity index is 377. The van der Waals surface area contributed by atoms with Gasteiger partial charge >= 0.3 is 11.9 Å². The van der Waals surface area contributed by atoms with Gasteiger partial charge in [0.1, 0.15) is 0 Å². The van der Waals surface area contributed by atoms with E-state index >= 15 is 0 Å². The molecule has 0 unspecified atom stereocenters. The number of thiol groups is 2. The van der Waals surface area contributed by atoms with Crippen LogP contribution in [0.5, 0.6) is 0 Å². The summed E-state index contributed by atoms with van der Waals surface area (Å²) in [4.78, 5) is 23.0. The molecule has 5 heteroatoms. The van der Waals surface area contributed by atoms with Gasteiger partial charge in [0, 0.05) is 10.6 Å².